The lowest BCUT2D eigenvalue weighted by Gasteiger charge is -2.21. The van der Waals surface area contributed by atoms with E-state index in [9.17, 15) is 36.3 Å². The lowest BCUT2D eigenvalue weighted by molar-refractivity contribution is -0.141. The van der Waals surface area contributed by atoms with Gasteiger partial charge in [-0.25, -0.2) is 18.4 Å². The maximum Gasteiger partial charge on any atom is 0.419 e. The van der Waals surface area contributed by atoms with E-state index in [1.165, 1.54) is 0 Å². The predicted molar refractivity (Wildman–Crippen MR) is 91.7 cm³/mol. The maximum atomic E-state index is 13.0. The van der Waals surface area contributed by atoms with Crippen LogP contribution in [-0.2, 0) is 26.9 Å². The molecule has 1 amide bonds. The Hall–Kier alpha value is -2.92. The zero-order valence-corrected chi connectivity index (χ0v) is 16.2. The summed E-state index contributed by atoms with van der Waals surface area (Å²) in [6, 6.07) is 0.923. The molecule has 168 valence electrons. The Morgan fingerprint density at radius 2 is 1.60 bits per heavy atom. The van der Waals surface area contributed by atoms with Crippen LogP contribution < -0.4 is 5.32 Å². The molecule has 1 aromatic carbocycles. The van der Waals surface area contributed by atoms with E-state index < -0.39 is 64.5 Å². The lowest BCUT2D eigenvalue weighted by Crippen LogP contribution is -2.45. The molecule has 0 heterocycles. The normalized spacial score (nSPS) is 14.8. The van der Waals surface area contributed by atoms with Gasteiger partial charge in [0.05, 0.1) is 12.0 Å². The van der Waals surface area contributed by atoms with Gasteiger partial charge in [-0.1, -0.05) is 6.07 Å². The van der Waals surface area contributed by atoms with Gasteiger partial charge in [-0.2, -0.15) is 13.2 Å². The first kappa shape index (κ1) is 25.1. The van der Waals surface area contributed by atoms with E-state index >= 15 is 0 Å². The molecule has 0 bridgehead atoms. The molecule has 0 aromatic heterocycles. The molecule has 1 saturated carbocycles. The minimum Gasteiger partial charge on any atom is -0.481 e. The molecule has 2 rings (SSSR count). The fourth-order valence-electron chi connectivity index (χ4n) is 2.12. The number of alkyl halides is 3. The first-order chi connectivity index (χ1) is 13.5. The highest BCUT2D eigenvalue weighted by Gasteiger charge is 2.52. The second-order valence-electron chi connectivity index (χ2n) is 7.48. The molecule has 1 aliphatic rings. The van der Waals surface area contributed by atoms with E-state index in [1.54, 1.807) is 20.8 Å². The average Bonchev–Trinajstić information content (AvgIpc) is 3.29. The van der Waals surface area contributed by atoms with Crippen LogP contribution in [-0.4, -0.2) is 39.4 Å². The van der Waals surface area contributed by atoms with Crippen molar-refractivity contribution < 1.29 is 51.3 Å². The van der Waals surface area contributed by atoms with Crippen LogP contribution in [0.4, 0.5) is 26.7 Å². The summed E-state index contributed by atoms with van der Waals surface area (Å²) >= 11 is 0. The fourth-order valence-corrected chi connectivity index (χ4v) is 2.12. The van der Waals surface area contributed by atoms with Crippen LogP contribution in [0.15, 0.2) is 12.1 Å². The van der Waals surface area contributed by atoms with Gasteiger partial charge in [0.15, 0.2) is 11.6 Å². The zero-order chi connectivity index (χ0) is 23.5. The number of halogens is 5. The van der Waals surface area contributed by atoms with Crippen molar-refractivity contribution in [2.75, 3.05) is 0 Å². The number of carbonyl (C=O) groups is 3. The maximum absolute atomic E-state index is 13.0. The Kier molecular flexibility index (Phi) is 7.40. The molecule has 0 aliphatic heterocycles. The van der Waals surface area contributed by atoms with Crippen LogP contribution >= 0.6 is 0 Å². The van der Waals surface area contributed by atoms with E-state index in [1.807, 2.05) is 0 Å². The van der Waals surface area contributed by atoms with Gasteiger partial charge < -0.3 is 20.3 Å². The van der Waals surface area contributed by atoms with Gasteiger partial charge in [-0.3, -0.25) is 4.79 Å². The van der Waals surface area contributed by atoms with Crippen LogP contribution in [0.3, 0.4) is 0 Å². The number of rotatable bonds is 4. The molecule has 30 heavy (non-hydrogen) atoms. The number of aliphatic carboxylic acids is 2. The van der Waals surface area contributed by atoms with Crippen molar-refractivity contribution in [3.05, 3.63) is 34.9 Å². The predicted octanol–water partition coefficient (Wildman–Crippen LogP) is 3.74. The van der Waals surface area contributed by atoms with Gasteiger partial charge in [-0.05, 0) is 39.7 Å². The van der Waals surface area contributed by atoms with Crippen molar-refractivity contribution in [2.45, 2.75) is 57.3 Å². The van der Waals surface area contributed by atoms with Crippen molar-refractivity contribution in [1.82, 2.24) is 5.32 Å². The summed E-state index contributed by atoms with van der Waals surface area (Å²) in [5.74, 6) is -6.31. The largest absolute Gasteiger partial charge is 0.481 e. The molecule has 12 heteroatoms. The molecule has 0 spiro atoms. The van der Waals surface area contributed by atoms with Gasteiger partial charge >= 0.3 is 24.2 Å². The Morgan fingerprint density at radius 3 is 1.97 bits per heavy atom. The number of carboxylic acids is 2. The van der Waals surface area contributed by atoms with Crippen molar-refractivity contribution in [3.63, 3.8) is 0 Å². The molecule has 0 radical (unpaired) electrons. The number of carbonyl (C=O) groups excluding carboxylic acids is 1. The second-order valence-corrected chi connectivity index (χ2v) is 7.48. The summed E-state index contributed by atoms with van der Waals surface area (Å²) in [5, 5.41) is 19.4. The topological polar surface area (TPSA) is 113 Å². The third kappa shape index (κ3) is 7.16. The Labute approximate surface area is 167 Å². The van der Waals surface area contributed by atoms with E-state index in [4.69, 9.17) is 14.9 Å². The highest BCUT2D eigenvalue weighted by atomic mass is 19.4. The van der Waals surface area contributed by atoms with E-state index in [-0.39, 0.29) is 0 Å². The third-order valence-electron chi connectivity index (χ3n) is 3.71. The average molecular weight is 441 g/mol. The van der Waals surface area contributed by atoms with Gasteiger partial charge in [0, 0.05) is 5.56 Å². The molecule has 0 unspecified atom stereocenters. The van der Waals surface area contributed by atoms with E-state index in [2.05, 4.69) is 5.32 Å². The number of alkyl carbamates (subject to hydrolysis) is 1. The number of carboxylic acid groups (broad SMARTS) is 2. The lowest BCUT2D eigenvalue weighted by atomic mass is 10.1. The number of hydrogen-bond donors (Lipinski definition) is 3. The molecule has 7 nitrogen and oxygen atoms in total. The zero-order valence-electron chi connectivity index (χ0n) is 16.2. The molecule has 0 saturated heterocycles. The first-order valence-corrected chi connectivity index (χ1v) is 8.49. The van der Waals surface area contributed by atoms with E-state index in [0.717, 1.165) is 0 Å². The number of hydrogen-bond acceptors (Lipinski definition) is 4. The summed E-state index contributed by atoms with van der Waals surface area (Å²) in [6.07, 6.45) is -5.60. The minimum absolute atomic E-state index is 0.316. The minimum atomic E-state index is -5.01. The summed E-state index contributed by atoms with van der Waals surface area (Å²) in [6.45, 7) is 5.19. The molecule has 3 N–H and O–H groups in total. The monoisotopic (exact) mass is 441 g/mol. The summed E-state index contributed by atoms with van der Waals surface area (Å²) in [4.78, 5) is 32.1. The molecule has 1 aliphatic carbocycles. The fraction of sp³-hybridized carbons (Fsp3) is 0.500. The van der Waals surface area contributed by atoms with Gasteiger partial charge in [0.2, 0.25) is 0 Å². The van der Waals surface area contributed by atoms with Gasteiger partial charge in [0.25, 0.3) is 0 Å². The van der Waals surface area contributed by atoms with E-state index in [0.29, 0.717) is 25.0 Å². The molecule has 0 atom stereocenters. The molecular weight excluding hydrogens is 421 g/mol. The number of benzene rings is 1. The number of ether oxygens (including phenoxy) is 1. The van der Waals surface area contributed by atoms with Crippen LogP contribution in [0, 0.1) is 11.6 Å². The Morgan fingerprint density at radius 1 is 1.07 bits per heavy atom. The smallest absolute Gasteiger partial charge is 0.419 e. The van der Waals surface area contributed by atoms with Crippen LogP contribution in [0.2, 0.25) is 0 Å². The Bertz CT molecular complexity index is 828. The highest BCUT2D eigenvalue weighted by Crippen LogP contribution is 2.36. The summed E-state index contributed by atoms with van der Waals surface area (Å²) in [5.41, 5.74) is -4.04. The van der Waals surface area contributed by atoms with Gasteiger partial charge in [-0.15, -0.1) is 0 Å². The molecule has 1 aromatic rings. The quantitative estimate of drug-likeness (QED) is 0.614. The third-order valence-corrected chi connectivity index (χ3v) is 3.71. The Balaban J connectivity index is 0.000000303. The second kappa shape index (κ2) is 8.84. The van der Waals surface area contributed by atoms with Crippen molar-refractivity contribution in [2.24, 2.45) is 0 Å². The highest BCUT2D eigenvalue weighted by molar-refractivity contribution is 5.87. The van der Waals surface area contributed by atoms with Crippen molar-refractivity contribution >= 4 is 18.0 Å². The standard InChI is InChI=1S/C9H5F5O2.C9H15NO4/c10-7-4(3-6(15)16)1-2-5(8(7)11)9(12,13)14;1-8(2,3)14-7(13)10-9(4-5-9)6(11)12/h1-2H,3H2,(H,15,16);4-5H2,1-3H3,(H,10,13)(H,11,12). The number of amides is 1. The van der Waals surface area contributed by atoms with Crippen LogP contribution in [0.5, 0.6) is 0 Å². The van der Waals surface area contributed by atoms with Crippen molar-refractivity contribution in [1.29, 1.82) is 0 Å². The molecule has 1 fully saturated rings. The number of nitrogens with one attached hydrogen (secondary N) is 1. The SMILES string of the molecule is CC(C)(C)OC(=O)NC1(C(=O)O)CC1.O=C(O)Cc1ccc(C(F)(F)F)c(F)c1F. The van der Waals surface area contributed by atoms with Crippen LogP contribution in [0.1, 0.15) is 44.7 Å². The summed E-state index contributed by atoms with van der Waals surface area (Å²) in [7, 11) is 0. The van der Waals surface area contributed by atoms with Gasteiger partial charge in [0.1, 0.15) is 11.1 Å². The first-order valence-electron chi connectivity index (χ1n) is 8.49. The van der Waals surface area contributed by atoms with Crippen molar-refractivity contribution in [3.8, 4) is 0 Å². The van der Waals surface area contributed by atoms with Crippen LogP contribution in [0.25, 0.3) is 0 Å². The molecular formula is C18H20F5NO6. The summed E-state index contributed by atoms with van der Waals surface area (Å²) < 4.78 is 67.2.